The highest BCUT2D eigenvalue weighted by atomic mass is 19.1. The number of epoxide rings is 1. The fourth-order valence-electron chi connectivity index (χ4n) is 2.61. The van der Waals surface area contributed by atoms with Gasteiger partial charge in [0.15, 0.2) is 0 Å². The van der Waals surface area contributed by atoms with Gasteiger partial charge in [0.2, 0.25) is 5.67 Å². The number of fused-ring (bicyclic) bond motifs is 1. The van der Waals surface area contributed by atoms with Crippen LogP contribution >= 0.6 is 0 Å². The van der Waals surface area contributed by atoms with Gasteiger partial charge >= 0.3 is 5.97 Å². The van der Waals surface area contributed by atoms with Crippen LogP contribution < -0.4 is 0 Å². The maximum Gasteiger partial charge on any atom is 0.346 e. The van der Waals surface area contributed by atoms with Crippen LogP contribution in [-0.4, -0.2) is 49.1 Å². The van der Waals surface area contributed by atoms with E-state index in [0.717, 1.165) is 25.8 Å². The summed E-state index contributed by atoms with van der Waals surface area (Å²) in [4.78, 5) is 13.8. The molecule has 2 aliphatic heterocycles. The number of likely N-dealkylation sites (N-methyl/N-ethyl adjacent to an activating group) is 1. The maximum atomic E-state index is 14.9. The van der Waals surface area contributed by atoms with Gasteiger partial charge in [-0.2, -0.15) is 0 Å². The van der Waals surface area contributed by atoms with Crippen LogP contribution in [-0.2, 0) is 14.3 Å². The van der Waals surface area contributed by atoms with E-state index in [4.69, 9.17) is 9.47 Å². The summed E-state index contributed by atoms with van der Waals surface area (Å²) < 4.78 is 25.2. The van der Waals surface area contributed by atoms with Gasteiger partial charge in [0.1, 0.15) is 12.3 Å². The molecule has 3 unspecified atom stereocenters. The number of carbonyl (C=O) groups excluding carboxylic acids is 1. The minimum absolute atomic E-state index is 0.206. The Morgan fingerprint density at radius 3 is 2.89 bits per heavy atom. The van der Waals surface area contributed by atoms with Crippen LogP contribution in [0.25, 0.3) is 0 Å². The molecule has 0 aromatic heterocycles. The smallest absolute Gasteiger partial charge is 0.346 e. The van der Waals surface area contributed by atoms with E-state index in [2.05, 4.69) is 0 Å². The van der Waals surface area contributed by atoms with E-state index in [9.17, 15) is 9.18 Å². The largest absolute Gasteiger partial charge is 0.464 e. The van der Waals surface area contributed by atoms with Crippen molar-refractivity contribution in [3.8, 4) is 0 Å². The molecule has 4 nitrogen and oxygen atoms in total. The molecule has 0 N–H and O–H groups in total. The van der Waals surface area contributed by atoms with Crippen molar-refractivity contribution in [2.75, 3.05) is 20.2 Å². The summed E-state index contributed by atoms with van der Waals surface area (Å²) in [7, 11) is 1.91. The summed E-state index contributed by atoms with van der Waals surface area (Å²) in [5, 5.41) is 0. The Kier molecular flexibility index (Phi) is 4.22. The zero-order chi connectivity index (χ0) is 13.2. The van der Waals surface area contributed by atoms with Gasteiger partial charge in [-0.15, -0.1) is 0 Å². The molecule has 2 rings (SSSR count). The summed E-state index contributed by atoms with van der Waals surface area (Å²) in [5.41, 5.74) is -1.97. The van der Waals surface area contributed by atoms with Crippen molar-refractivity contribution in [3.05, 3.63) is 0 Å². The lowest BCUT2D eigenvalue weighted by atomic mass is 9.92. The van der Waals surface area contributed by atoms with Crippen molar-refractivity contribution < 1.29 is 18.7 Å². The van der Waals surface area contributed by atoms with Gasteiger partial charge < -0.3 is 9.47 Å². The molecule has 2 saturated heterocycles. The number of ether oxygens (including phenoxy) is 2. The highest BCUT2D eigenvalue weighted by molar-refractivity contribution is 5.81. The summed E-state index contributed by atoms with van der Waals surface area (Å²) >= 11 is 0. The summed E-state index contributed by atoms with van der Waals surface area (Å²) in [6.07, 6.45) is 3.13. The van der Waals surface area contributed by atoms with E-state index >= 15 is 0 Å². The van der Waals surface area contributed by atoms with Gasteiger partial charge in [0.05, 0.1) is 6.61 Å². The number of alkyl halides is 1. The van der Waals surface area contributed by atoms with E-state index in [1.165, 1.54) is 0 Å². The quantitative estimate of drug-likeness (QED) is 0.561. The van der Waals surface area contributed by atoms with Crippen LogP contribution in [0.1, 0.15) is 39.0 Å². The topological polar surface area (TPSA) is 42.1 Å². The highest BCUT2D eigenvalue weighted by Crippen LogP contribution is 2.41. The number of hydrogen-bond acceptors (Lipinski definition) is 4. The molecule has 18 heavy (non-hydrogen) atoms. The number of carbonyl (C=O) groups is 1. The third-order valence-corrected chi connectivity index (χ3v) is 3.77. The normalized spacial score (nSPS) is 37.7. The number of esters is 1. The Bertz CT molecular complexity index is 313. The lowest BCUT2D eigenvalue weighted by Crippen LogP contribution is -2.44. The second-order valence-electron chi connectivity index (χ2n) is 5.18. The number of rotatable bonds is 2. The van der Waals surface area contributed by atoms with Crippen molar-refractivity contribution in [2.45, 2.75) is 57.0 Å². The Morgan fingerprint density at radius 2 is 2.17 bits per heavy atom. The third kappa shape index (κ3) is 2.67. The van der Waals surface area contributed by atoms with Gasteiger partial charge in [-0.3, -0.25) is 4.90 Å². The van der Waals surface area contributed by atoms with Crippen molar-refractivity contribution in [1.82, 2.24) is 4.90 Å². The SMILES string of the molecule is CCOC(=O)C1(F)CCCCCCN(C)C2OC21. The monoisotopic (exact) mass is 259 g/mol. The Morgan fingerprint density at radius 1 is 1.44 bits per heavy atom. The molecule has 0 bridgehead atoms. The van der Waals surface area contributed by atoms with E-state index < -0.39 is 17.7 Å². The van der Waals surface area contributed by atoms with Crippen LogP contribution in [0.15, 0.2) is 0 Å². The van der Waals surface area contributed by atoms with E-state index in [1.54, 1.807) is 6.92 Å². The van der Waals surface area contributed by atoms with Gasteiger partial charge in [0, 0.05) is 6.54 Å². The third-order valence-electron chi connectivity index (χ3n) is 3.77. The van der Waals surface area contributed by atoms with Crippen LogP contribution in [0.4, 0.5) is 4.39 Å². The van der Waals surface area contributed by atoms with E-state index in [0.29, 0.717) is 6.42 Å². The fourth-order valence-corrected chi connectivity index (χ4v) is 2.61. The maximum absolute atomic E-state index is 14.9. The van der Waals surface area contributed by atoms with Gasteiger partial charge in [-0.1, -0.05) is 12.8 Å². The molecule has 0 saturated carbocycles. The van der Waals surface area contributed by atoms with E-state index in [-0.39, 0.29) is 19.3 Å². The molecule has 2 heterocycles. The lowest BCUT2D eigenvalue weighted by molar-refractivity contribution is -0.159. The summed E-state index contributed by atoms with van der Waals surface area (Å²) in [6, 6.07) is 0. The summed E-state index contributed by atoms with van der Waals surface area (Å²) in [5.74, 6) is -0.758. The number of hydrogen-bond donors (Lipinski definition) is 0. The Balaban J connectivity index is 2.08. The molecule has 2 fully saturated rings. The van der Waals surface area contributed by atoms with Crippen LogP contribution in [0, 0.1) is 0 Å². The highest BCUT2D eigenvalue weighted by Gasteiger charge is 2.62. The molecule has 0 spiro atoms. The molecule has 2 aliphatic rings. The van der Waals surface area contributed by atoms with Crippen LogP contribution in [0.2, 0.25) is 0 Å². The molecule has 3 atom stereocenters. The molecule has 0 aromatic rings. The minimum Gasteiger partial charge on any atom is -0.464 e. The fraction of sp³-hybridized carbons (Fsp3) is 0.923. The summed E-state index contributed by atoms with van der Waals surface area (Å²) in [6.45, 7) is 2.79. The van der Waals surface area contributed by atoms with Crippen molar-refractivity contribution in [2.24, 2.45) is 0 Å². The minimum atomic E-state index is -1.97. The molecule has 5 heteroatoms. The molecule has 0 amide bonds. The predicted octanol–water partition coefficient (Wildman–Crippen LogP) is 1.88. The average molecular weight is 259 g/mol. The first-order chi connectivity index (χ1) is 8.59. The molecule has 0 aliphatic carbocycles. The van der Waals surface area contributed by atoms with E-state index in [1.807, 2.05) is 11.9 Å². The van der Waals surface area contributed by atoms with Gasteiger partial charge in [0.25, 0.3) is 0 Å². The zero-order valence-corrected chi connectivity index (χ0v) is 11.2. The first-order valence-electron chi connectivity index (χ1n) is 6.81. The molecule has 0 aromatic carbocycles. The standard InChI is InChI=1S/C13H22FNO3/c1-3-17-12(16)13(14)8-6-4-5-7-9-15(2)11-10(13)18-11/h10-11H,3-9H2,1-2H3. The average Bonchev–Trinajstić information content (AvgIpc) is 3.13. The predicted molar refractivity (Wildman–Crippen MR) is 64.8 cm³/mol. The van der Waals surface area contributed by atoms with Crippen LogP contribution in [0.5, 0.6) is 0 Å². The first kappa shape index (κ1) is 13.7. The first-order valence-corrected chi connectivity index (χ1v) is 6.81. The Labute approximate surface area is 107 Å². The molecular formula is C13H22FNO3. The zero-order valence-electron chi connectivity index (χ0n) is 11.2. The van der Waals surface area contributed by atoms with Crippen molar-refractivity contribution in [3.63, 3.8) is 0 Å². The second-order valence-corrected chi connectivity index (χ2v) is 5.18. The van der Waals surface area contributed by atoms with Gasteiger partial charge in [-0.25, -0.2) is 9.18 Å². The van der Waals surface area contributed by atoms with Crippen molar-refractivity contribution >= 4 is 5.97 Å². The Hall–Kier alpha value is -0.680. The molecular weight excluding hydrogens is 237 g/mol. The van der Waals surface area contributed by atoms with Crippen LogP contribution in [0.3, 0.4) is 0 Å². The molecule has 0 radical (unpaired) electrons. The lowest BCUT2D eigenvalue weighted by Gasteiger charge is -2.24. The number of nitrogens with zero attached hydrogens (tertiary/aromatic N) is 1. The second kappa shape index (κ2) is 5.53. The van der Waals surface area contributed by atoms with Gasteiger partial charge in [-0.05, 0) is 33.2 Å². The molecule has 104 valence electrons. The van der Waals surface area contributed by atoms with Crippen molar-refractivity contribution in [1.29, 1.82) is 0 Å². The number of halogens is 1.